The molecule has 0 bridgehead atoms. The first-order valence-electron chi connectivity index (χ1n) is 8.37. The Morgan fingerprint density at radius 2 is 1.38 bits per heavy atom. The van der Waals surface area contributed by atoms with Crippen molar-refractivity contribution >= 4 is 5.96 Å². The van der Waals surface area contributed by atoms with E-state index in [1.807, 2.05) is 6.92 Å². The molecule has 0 saturated heterocycles. The highest BCUT2D eigenvalue weighted by molar-refractivity contribution is 5.79. The molecular weight excluding hydrogens is 298 g/mol. The van der Waals surface area contributed by atoms with Gasteiger partial charge in [-0.05, 0) is 30.5 Å². The van der Waals surface area contributed by atoms with Crippen LogP contribution in [0.15, 0.2) is 53.5 Å². The first kappa shape index (κ1) is 18.0. The highest BCUT2D eigenvalue weighted by atomic mass is 16.5. The smallest absolute Gasteiger partial charge is 0.191 e. The lowest BCUT2D eigenvalue weighted by molar-refractivity contribution is 0.134. The van der Waals surface area contributed by atoms with E-state index in [1.165, 1.54) is 22.3 Å². The van der Waals surface area contributed by atoms with Gasteiger partial charge in [-0.2, -0.15) is 0 Å². The van der Waals surface area contributed by atoms with Gasteiger partial charge in [0.15, 0.2) is 5.96 Å². The van der Waals surface area contributed by atoms with Crippen molar-refractivity contribution < 1.29 is 4.74 Å². The van der Waals surface area contributed by atoms with E-state index in [4.69, 9.17) is 4.74 Å². The Morgan fingerprint density at radius 3 is 1.88 bits per heavy atom. The first-order chi connectivity index (χ1) is 11.7. The Morgan fingerprint density at radius 1 is 0.875 bits per heavy atom. The van der Waals surface area contributed by atoms with Crippen LogP contribution in [0.3, 0.4) is 0 Å². The molecule has 4 nitrogen and oxygen atoms in total. The zero-order valence-electron chi connectivity index (χ0n) is 14.8. The molecule has 4 heteroatoms. The van der Waals surface area contributed by atoms with Crippen molar-refractivity contribution in [2.45, 2.75) is 33.5 Å². The van der Waals surface area contributed by atoms with Crippen LogP contribution >= 0.6 is 0 Å². The molecule has 2 rings (SSSR count). The molecule has 0 aliphatic rings. The fraction of sp³-hybridized carbons (Fsp3) is 0.350. The molecule has 0 spiro atoms. The highest BCUT2D eigenvalue weighted by Gasteiger charge is 2.00. The van der Waals surface area contributed by atoms with Gasteiger partial charge in [0.05, 0.1) is 6.61 Å². The largest absolute Gasteiger partial charge is 0.377 e. The molecule has 0 heterocycles. The second-order valence-electron chi connectivity index (χ2n) is 5.72. The van der Waals surface area contributed by atoms with Gasteiger partial charge < -0.3 is 15.4 Å². The predicted molar refractivity (Wildman–Crippen MR) is 100.0 cm³/mol. The third-order valence-electron chi connectivity index (χ3n) is 3.76. The summed E-state index contributed by atoms with van der Waals surface area (Å²) in [7, 11) is 1.79. The van der Waals surface area contributed by atoms with Gasteiger partial charge in [0, 0.05) is 26.7 Å². The molecule has 2 aromatic rings. The summed E-state index contributed by atoms with van der Waals surface area (Å²) in [6.45, 7) is 7.01. The molecule has 0 fully saturated rings. The molecule has 0 aromatic heterocycles. The Labute approximate surface area is 145 Å². The Bertz CT molecular complexity index is 633. The molecule has 0 aliphatic heterocycles. The minimum Gasteiger partial charge on any atom is -0.377 e. The first-order valence-corrected chi connectivity index (χ1v) is 8.37. The van der Waals surface area contributed by atoms with Gasteiger partial charge >= 0.3 is 0 Å². The lowest BCUT2D eigenvalue weighted by atomic mass is 10.1. The number of benzene rings is 2. The third-order valence-corrected chi connectivity index (χ3v) is 3.76. The maximum Gasteiger partial charge on any atom is 0.191 e. The summed E-state index contributed by atoms with van der Waals surface area (Å²) in [5.74, 6) is 0.800. The molecule has 24 heavy (non-hydrogen) atoms. The summed E-state index contributed by atoms with van der Waals surface area (Å²) in [5.41, 5.74) is 4.92. The number of nitrogens with zero attached hydrogens (tertiary/aromatic N) is 1. The van der Waals surface area contributed by atoms with Gasteiger partial charge in [-0.25, -0.2) is 0 Å². The average molecular weight is 325 g/mol. The van der Waals surface area contributed by atoms with E-state index in [9.17, 15) is 0 Å². The minimum absolute atomic E-state index is 0.671. The van der Waals surface area contributed by atoms with Crippen LogP contribution in [0.1, 0.15) is 29.2 Å². The highest BCUT2D eigenvalue weighted by Crippen LogP contribution is 2.06. The fourth-order valence-corrected chi connectivity index (χ4v) is 2.27. The number of rotatable bonds is 7. The quantitative estimate of drug-likeness (QED) is 0.606. The van der Waals surface area contributed by atoms with Gasteiger partial charge in [-0.15, -0.1) is 0 Å². The van der Waals surface area contributed by atoms with Crippen molar-refractivity contribution in [1.29, 1.82) is 0 Å². The summed E-state index contributed by atoms with van der Waals surface area (Å²) in [4.78, 5) is 4.27. The Kier molecular flexibility index (Phi) is 7.30. The second kappa shape index (κ2) is 9.73. The fourth-order valence-electron chi connectivity index (χ4n) is 2.27. The lowest BCUT2D eigenvalue weighted by Crippen LogP contribution is -2.36. The third kappa shape index (κ3) is 6.05. The van der Waals surface area contributed by atoms with Crippen molar-refractivity contribution in [2.75, 3.05) is 13.7 Å². The van der Waals surface area contributed by atoms with E-state index in [0.717, 1.165) is 25.7 Å². The number of hydrogen-bond acceptors (Lipinski definition) is 2. The van der Waals surface area contributed by atoms with Crippen molar-refractivity contribution in [3.63, 3.8) is 0 Å². The van der Waals surface area contributed by atoms with Crippen LogP contribution in [-0.4, -0.2) is 19.6 Å². The topological polar surface area (TPSA) is 45.6 Å². The molecule has 128 valence electrons. The lowest BCUT2D eigenvalue weighted by Gasteiger charge is -2.12. The number of aliphatic imine (C=N–C) groups is 1. The summed E-state index contributed by atoms with van der Waals surface area (Å²) < 4.78 is 5.41. The van der Waals surface area contributed by atoms with Gasteiger partial charge in [0.2, 0.25) is 0 Å². The van der Waals surface area contributed by atoms with E-state index in [2.05, 4.69) is 71.1 Å². The molecule has 0 saturated carbocycles. The van der Waals surface area contributed by atoms with Gasteiger partial charge in [0.25, 0.3) is 0 Å². The molecule has 2 aromatic carbocycles. The van der Waals surface area contributed by atoms with Crippen LogP contribution in [-0.2, 0) is 24.4 Å². The Balaban J connectivity index is 1.79. The van der Waals surface area contributed by atoms with Gasteiger partial charge in [-0.1, -0.05) is 54.1 Å². The van der Waals surface area contributed by atoms with Crippen LogP contribution in [0.25, 0.3) is 0 Å². The van der Waals surface area contributed by atoms with Crippen LogP contribution in [0.4, 0.5) is 0 Å². The average Bonchev–Trinajstić information content (AvgIpc) is 2.62. The summed E-state index contributed by atoms with van der Waals surface area (Å²) in [6.07, 6.45) is 0. The maximum absolute atomic E-state index is 5.41. The maximum atomic E-state index is 5.41. The van der Waals surface area contributed by atoms with E-state index >= 15 is 0 Å². The molecule has 0 amide bonds. The number of aryl methyl sites for hydroxylation is 1. The van der Waals surface area contributed by atoms with Crippen molar-refractivity contribution in [3.8, 4) is 0 Å². The predicted octanol–water partition coefficient (Wildman–Crippen LogP) is 3.40. The second-order valence-corrected chi connectivity index (χ2v) is 5.72. The summed E-state index contributed by atoms with van der Waals surface area (Å²) in [5, 5.41) is 6.67. The monoisotopic (exact) mass is 325 g/mol. The zero-order valence-corrected chi connectivity index (χ0v) is 14.8. The standard InChI is InChI=1S/C20H27N3O/c1-4-24-15-19-11-9-18(10-12-19)14-23-20(21-3)22-13-17-7-5-16(2)6-8-17/h5-12H,4,13-15H2,1-3H3,(H2,21,22,23). The number of ether oxygens (including phenoxy) is 1. The molecule has 0 unspecified atom stereocenters. The summed E-state index contributed by atoms with van der Waals surface area (Å²) >= 11 is 0. The van der Waals surface area contributed by atoms with Crippen molar-refractivity contribution in [3.05, 3.63) is 70.8 Å². The molecule has 0 radical (unpaired) electrons. The Hall–Kier alpha value is -2.33. The summed E-state index contributed by atoms with van der Waals surface area (Å²) in [6, 6.07) is 17.0. The molecule has 2 N–H and O–H groups in total. The van der Waals surface area contributed by atoms with Gasteiger partial charge in [-0.3, -0.25) is 4.99 Å². The van der Waals surface area contributed by atoms with Crippen molar-refractivity contribution in [2.24, 2.45) is 4.99 Å². The number of hydrogen-bond donors (Lipinski definition) is 2. The van der Waals surface area contributed by atoms with Gasteiger partial charge in [0.1, 0.15) is 0 Å². The number of nitrogens with one attached hydrogen (secondary N) is 2. The van der Waals surface area contributed by atoms with E-state index in [1.54, 1.807) is 7.05 Å². The van der Waals surface area contributed by atoms with E-state index < -0.39 is 0 Å². The number of guanidine groups is 1. The molecule has 0 atom stereocenters. The molecule has 0 aliphatic carbocycles. The minimum atomic E-state index is 0.671. The molecular formula is C20H27N3O. The van der Waals surface area contributed by atoms with Crippen LogP contribution in [0.2, 0.25) is 0 Å². The van der Waals surface area contributed by atoms with Crippen LogP contribution < -0.4 is 10.6 Å². The SMILES string of the molecule is CCOCc1ccc(CNC(=NC)NCc2ccc(C)cc2)cc1. The van der Waals surface area contributed by atoms with Crippen LogP contribution in [0, 0.1) is 6.92 Å². The normalized spacial score (nSPS) is 11.4. The zero-order chi connectivity index (χ0) is 17.2. The van der Waals surface area contributed by atoms with E-state index in [0.29, 0.717) is 6.61 Å². The van der Waals surface area contributed by atoms with Crippen LogP contribution in [0.5, 0.6) is 0 Å². The van der Waals surface area contributed by atoms with E-state index in [-0.39, 0.29) is 0 Å². The van der Waals surface area contributed by atoms with Crippen molar-refractivity contribution in [1.82, 2.24) is 10.6 Å².